The van der Waals surface area contributed by atoms with Crippen molar-refractivity contribution in [3.8, 4) is 11.3 Å². The summed E-state index contributed by atoms with van der Waals surface area (Å²) in [6.07, 6.45) is 2.41. The third-order valence-electron chi connectivity index (χ3n) is 4.47. The first-order valence-corrected chi connectivity index (χ1v) is 15.6. The van der Waals surface area contributed by atoms with Gasteiger partial charge in [-0.25, -0.2) is 0 Å². The minimum atomic E-state index is -1.87. The first kappa shape index (κ1) is 17.3. The van der Waals surface area contributed by atoms with Crippen LogP contribution in [0.25, 0.3) is 11.3 Å². The molecule has 0 fully saturated rings. The summed E-state index contributed by atoms with van der Waals surface area (Å²) in [5.41, 5.74) is 6.99. The summed E-state index contributed by atoms with van der Waals surface area (Å²) in [6, 6.07) is 9.03. The van der Waals surface area contributed by atoms with Crippen LogP contribution in [0.3, 0.4) is 0 Å². The maximum atomic E-state index is 2.49. The van der Waals surface area contributed by atoms with E-state index in [0.717, 1.165) is 0 Å². The molecule has 0 aliphatic carbocycles. The van der Waals surface area contributed by atoms with Gasteiger partial charge in [0.15, 0.2) is 0 Å². The van der Waals surface area contributed by atoms with E-state index < -0.39 is 13.3 Å². The third kappa shape index (κ3) is 3.30. The number of hydrogen-bond donors (Lipinski definition) is 0. The quantitative estimate of drug-likeness (QED) is 0.564. The van der Waals surface area contributed by atoms with Crippen LogP contribution in [-0.2, 0) is 7.05 Å². The molecule has 2 aromatic rings. The van der Waals surface area contributed by atoms with E-state index in [1.165, 1.54) is 22.4 Å². The van der Waals surface area contributed by atoms with Gasteiger partial charge in [-0.3, -0.25) is 0 Å². The molecule has 0 aliphatic rings. The van der Waals surface area contributed by atoms with Gasteiger partial charge in [0.1, 0.15) is 0 Å². The van der Waals surface area contributed by atoms with E-state index in [1.54, 1.807) is 9.96 Å². The minimum absolute atomic E-state index is 0.573. The van der Waals surface area contributed by atoms with E-state index in [4.69, 9.17) is 0 Å². The van der Waals surface area contributed by atoms with Crippen LogP contribution in [0, 0.1) is 13.8 Å². The molecular weight excluding hydrogens is 327 g/mol. The Morgan fingerprint density at radius 3 is 2.00 bits per heavy atom. The van der Waals surface area contributed by atoms with Crippen LogP contribution in [0.15, 0.2) is 30.5 Å². The van der Waals surface area contributed by atoms with Crippen LogP contribution >= 0.6 is 0 Å². The van der Waals surface area contributed by atoms with Crippen LogP contribution in [0.5, 0.6) is 0 Å². The number of benzene rings is 1. The molecule has 118 valence electrons. The van der Waals surface area contributed by atoms with Crippen LogP contribution < -0.4 is 8.96 Å². The van der Waals surface area contributed by atoms with E-state index >= 15 is 0 Å². The summed E-state index contributed by atoms with van der Waals surface area (Å²) in [7, 11) is 2.20. The fourth-order valence-electron chi connectivity index (χ4n) is 3.24. The van der Waals surface area contributed by atoms with Gasteiger partial charge >= 0.3 is 139 Å². The van der Waals surface area contributed by atoms with Gasteiger partial charge in [-0.1, -0.05) is 0 Å². The van der Waals surface area contributed by atoms with Crippen molar-refractivity contribution in [3.63, 3.8) is 0 Å². The van der Waals surface area contributed by atoms with Gasteiger partial charge in [-0.05, 0) is 0 Å². The van der Waals surface area contributed by atoms with E-state index in [2.05, 4.69) is 87.0 Å². The third-order valence-corrected chi connectivity index (χ3v) is 8.74. The molecule has 0 saturated heterocycles. The summed E-state index contributed by atoms with van der Waals surface area (Å²) < 4.78 is 3.97. The Kier molecular flexibility index (Phi) is 4.86. The second kappa shape index (κ2) is 6.19. The number of rotatable bonds is 3. The van der Waals surface area contributed by atoms with E-state index in [1.807, 2.05) is 0 Å². The topological polar surface area (TPSA) is 3.88 Å². The average molecular weight is 357 g/mol. The van der Waals surface area contributed by atoms with Crippen molar-refractivity contribution in [1.82, 2.24) is 0 Å². The normalized spacial score (nSPS) is 12.0. The van der Waals surface area contributed by atoms with Crippen molar-refractivity contribution in [2.45, 2.75) is 50.9 Å². The zero-order valence-electron chi connectivity index (χ0n) is 15.4. The van der Waals surface area contributed by atoms with Crippen molar-refractivity contribution < 1.29 is 4.57 Å². The Morgan fingerprint density at radius 2 is 1.55 bits per heavy atom. The number of hydrogen-bond acceptors (Lipinski definition) is 0. The number of pyridine rings is 1. The molecule has 0 N–H and O–H groups in total. The fourth-order valence-corrected chi connectivity index (χ4v) is 7.03. The molecule has 2 rings (SSSR count). The Hall–Kier alpha value is -1.09. The van der Waals surface area contributed by atoms with E-state index in [0.29, 0.717) is 5.92 Å². The van der Waals surface area contributed by atoms with Crippen molar-refractivity contribution in [1.29, 1.82) is 0 Å². The van der Waals surface area contributed by atoms with Gasteiger partial charge in [0, 0.05) is 0 Å². The monoisotopic (exact) mass is 358 g/mol. The predicted molar refractivity (Wildman–Crippen MR) is 99.6 cm³/mol. The molecule has 0 atom stereocenters. The van der Waals surface area contributed by atoms with Crippen LogP contribution in [-0.4, -0.2) is 13.3 Å². The molecule has 0 spiro atoms. The fraction of sp³-hybridized carbons (Fsp3) is 0.450. The Balaban J connectivity index is 2.77. The van der Waals surface area contributed by atoms with Crippen molar-refractivity contribution in [3.05, 3.63) is 47.2 Å². The van der Waals surface area contributed by atoms with Crippen LogP contribution in [0.1, 0.15) is 36.5 Å². The molecule has 22 heavy (non-hydrogen) atoms. The van der Waals surface area contributed by atoms with Crippen molar-refractivity contribution >= 4 is 17.7 Å². The Bertz CT molecular complexity index is 673. The van der Waals surface area contributed by atoms with Crippen molar-refractivity contribution in [2.24, 2.45) is 7.05 Å². The van der Waals surface area contributed by atoms with Gasteiger partial charge < -0.3 is 0 Å². The summed E-state index contributed by atoms with van der Waals surface area (Å²) in [5.74, 6) is 8.03. The van der Waals surface area contributed by atoms with Gasteiger partial charge in [0.25, 0.3) is 0 Å². The molecule has 1 aromatic heterocycles. The van der Waals surface area contributed by atoms with Crippen LogP contribution in [0.4, 0.5) is 0 Å². The van der Waals surface area contributed by atoms with E-state index in [9.17, 15) is 0 Å². The zero-order valence-corrected chi connectivity index (χ0v) is 17.5. The predicted octanol–water partition coefficient (Wildman–Crippen LogP) is 4.46. The summed E-state index contributed by atoms with van der Waals surface area (Å²) in [6.45, 7) is 9.07. The second-order valence-corrected chi connectivity index (χ2v) is 18.4. The van der Waals surface area contributed by atoms with Gasteiger partial charge in [0.05, 0.1) is 0 Å². The zero-order chi connectivity index (χ0) is 16.7. The first-order valence-electron chi connectivity index (χ1n) is 8.23. The molecule has 1 heterocycles. The first-order chi connectivity index (χ1) is 10.1. The van der Waals surface area contributed by atoms with E-state index in [-0.39, 0.29) is 0 Å². The maximum absolute atomic E-state index is 2.49. The van der Waals surface area contributed by atoms with Gasteiger partial charge in [-0.15, -0.1) is 0 Å². The molecule has 1 aromatic carbocycles. The Morgan fingerprint density at radius 1 is 1.00 bits per heavy atom. The number of aromatic nitrogens is 1. The molecule has 2 heteroatoms. The molecule has 0 amide bonds. The Labute approximate surface area is 138 Å². The molecule has 1 nitrogen and oxygen atoms in total. The molecule has 0 radical (unpaired) electrons. The molecule has 0 aliphatic heterocycles. The second-order valence-electron chi connectivity index (χ2n) is 7.81. The number of aryl methyl sites for hydroxylation is 3. The summed E-state index contributed by atoms with van der Waals surface area (Å²) in [4.78, 5) is 0. The SMILES string of the molecule is Cc1cccc(C)c1-c1cc(C(C)C)[c]([Ge]([CH3])([CH3])[CH3])c[n+]1C. The van der Waals surface area contributed by atoms with Gasteiger partial charge in [-0.2, -0.15) is 0 Å². The summed E-state index contributed by atoms with van der Waals surface area (Å²) >= 11 is -1.87. The van der Waals surface area contributed by atoms with Crippen molar-refractivity contribution in [2.75, 3.05) is 0 Å². The van der Waals surface area contributed by atoms with Crippen LogP contribution in [0.2, 0.25) is 17.3 Å². The molecular formula is C20H30GeN+. The number of nitrogens with zero attached hydrogens (tertiary/aromatic N) is 1. The molecule has 0 bridgehead atoms. The average Bonchev–Trinajstić information content (AvgIpc) is 2.38. The standard InChI is InChI=1S/C20H30GeN/c1-14(2)17-12-19(20-15(3)10-9-11-16(20)4)22(8)13-18(17)21(5,6)7/h9-14H,1-8H3/q+1. The molecule has 0 saturated carbocycles. The summed E-state index contributed by atoms with van der Waals surface area (Å²) in [5, 5.41) is 0. The molecule has 0 unspecified atom stereocenters. The van der Waals surface area contributed by atoms with Gasteiger partial charge in [0.2, 0.25) is 0 Å².